The van der Waals surface area contributed by atoms with Gasteiger partial charge in [-0.2, -0.15) is 13.2 Å². The molecule has 0 saturated carbocycles. The van der Waals surface area contributed by atoms with Gasteiger partial charge in [0, 0.05) is 44.8 Å². The number of carbonyl (C=O) groups is 1. The number of aromatic amines is 1. The van der Waals surface area contributed by atoms with Crippen molar-refractivity contribution < 1.29 is 18.0 Å². The smallest absolute Gasteiger partial charge is 0.368 e. The van der Waals surface area contributed by atoms with Crippen LogP contribution in [-0.4, -0.2) is 46.5 Å². The van der Waals surface area contributed by atoms with E-state index in [9.17, 15) is 22.8 Å². The van der Waals surface area contributed by atoms with Crippen LogP contribution in [0.15, 0.2) is 53.3 Å². The van der Waals surface area contributed by atoms with Crippen LogP contribution in [0.3, 0.4) is 0 Å². The van der Waals surface area contributed by atoms with Crippen LogP contribution in [0.5, 0.6) is 0 Å². The van der Waals surface area contributed by atoms with Gasteiger partial charge in [0.05, 0.1) is 16.5 Å². The number of halogens is 3. The zero-order valence-corrected chi connectivity index (χ0v) is 18.6. The molecular weight excluding hydrogens is 453 g/mol. The summed E-state index contributed by atoms with van der Waals surface area (Å²) in [6, 6.07) is 12.2. The van der Waals surface area contributed by atoms with E-state index < -0.39 is 11.7 Å². The van der Waals surface area contributed by atoms with Gasteiger partial charge in [0.25, 0.3) is 5.56 Å². The van der Waals surface area contributed by atoms with Gasteiger partial charge in [0.1, 0.15) is 0 Å². The first-order chi connectivity index (χ1) is 15.7. The lowest BCUT2D eigenvalue weighted by atomic mass is 10.1. The lowest BCUT2D eigenvalue weighted by Gasteiger charge is -2.36. The van der Waals surface area contributed by atoms with Crippen LogP contribution in [0.25, 0.3) is 10.9 Å². The maximum Gasteiger partial charge on any atom is 0.416 e. The van der Waals surface area contributed by atoms with Gasteiger partial charge in [-0.1, -0.05) is 12.1 Å². The molecule has 0 aliphatic carbocycles. The molecule has 0 atom stereocenters. The lowest BCUT2D eigenvalue weighted by Crippen LogP contribution is -2.48. The van der Waals surface area contributed by atoms with Crippen molar-refractivity contribution in [1.82, 2.24) is 14.5 Å². The number of aromatic nitrogens is 2. The predicted molar refractivity (Wildman–Crippen MR) is 123 cm³/mol. The van der Waals surface area contributed by atoms with E-state index >= 15 is 0 Å². The number of anilines is 1. The second-order valence-electron chi connectivity index (χ2n) is 7.95. The van der Waals surface area contributed by atoms with Crippen LogP contribution in [0.1, 0.15) is 18.4 Å². The summed E-state index contributed by atoms with van der Waals surface area (Å²) in [5.41, 5.74) is 0.545. The molecule has 1 aliphatic rings. The van der Waals surface area contributed by atoms with E-state index in [2.05, 4.69) is 4.98 Å². The maximum atomic E-state index is 12.7. The van der Waals surface area contributed by atoms with Crippen LogP contribution in [0.2, 0.25) is 0 Å². The standard InChI is InChI=1S/C23H23F3N4O2S/c24-23(25,26)16-7-9-17(10-8-16)28-12-14-29(15-13-28)20(31)6-3-11-30-21(32)18-4-1-2-5-19(18)27-22(30)33/h1-2,4-5,7-10H,3,6,11-15H2,(H,27,33). The van der Waals surface area contributed by atoms with Crippen LogP contribution in [0, 0.1) is 4.77 Å². The summed E-state index contributed by atoms with van der Waals surface area (Å²) in [4.78, 5) is 32.1. The third-order valence-electron chi connectivity index (χ3n) is 5.85. The molecule has 1 aromatic heterocycles. The van der Waals surface area contributed by atoms with E-state index in [1.807, 2.05) is 11.0 Å². The molecule has 6 nitrogen and oxygen atoms in total. The number of nitrogens with one attached hydrogen (secondary N) is 1. The van der Waals surface area contributed by atoms with Crippen molar-refractivity contribution in [3.05, 3.63) is 69.2 Å². The number of fused-ring (bicyclic) bond motifs is 1. The molecule has 0 spiro atoms. The SMILES string of the molecule is O=C(CCCn1c(=S)[nH]c2ccccc2c1=O)N1CCN(c2ccc(C(F)(F)F)cc2)CC1. The molecule has 10 heteroatoms. The molecule has 0 bridgehead atoms. The number of carbonyl (C=O) groups excluding carboxylic acids is 1. The van der Waals surface area contributed by atoms with E-state index in [-0.39, 0.29) is 17.9 Å². The Bertz CT molecular complexity index is 1260. The highest BCUT2D eigenvalue weighted by Gasteiger charge is 2.30. The third kappa shape index (κ3) is 5.11. The molecule has 0 unspecified atom stereocenters. The number of amides is 1. The normalized spacial score (nSPS) is 14.6. The van der Waals surface area contributed by atoms with Crippen molar-refractivity contribution in [1.29, 1.82) is 0 Å². The Morgan fingerprint density at radius 2 is 1.67 bits per heavy atom. The molecule has 1 amide bonds. The monoisotopic (exact) mass is 476 g/mol. The molecule has 33 heavy (non-hydrogen) atoms. The Labute approximate surface area is 193 Å². The molecule has 1 N–H and O–H groups in total. The van der Waals surface area contributed by atoms with Gasteiger partial charge in [0.15, 0.2) is 4.77 Å². The van der Waals surface area contributed by atoms with Crippen molar-refractivity contribution in [3.63, 3.8) is 0 Å². The minimum atomic E-state index is -4.36. The van der Waals surface area contributed by atoms with E-state index in [0.29, 0.717) is 60.5 Å². The minimum absolute atomic E-state index is 0.00851. The summed E-state index contributed by atoms with van der Waals surface area (Å²) in [6.07, 6.45) is -3.59. The van der Waals surface area contributed by atoms with Crippen LogP contribution in [0.4, 0.5) is 18.9 Å². The number of para-hydroxylation sites is 1. The fourth-order valence-electron chi connectivity index (χ4n) is 4.02. The number of hydrogen-bond acceptors (Lipinski definition) is 4. The highest BCUT2D eigenvalue weighted by atomic mass is 32.1. The van der Waals surface area contributed by atoms with Crippen LogP contribution in [-0.2, 0) is 17.5 Å². The van der Waals surface area contributed by atoms with Gasteiger partial charge < -0.3 is 14.8 Å². The Morgan fingerprint density at radius 3 is 2.33 bits per heavy atom. The molecule has 1 aliphatic heterocycles. The third-order valence-corrected chi connectivity index (χ3v) is 6.18. The summed E-state index contributed by atoms with van der Waals surface area (Å²) < 4.78 is 40.0. The average molecular weight is 477 g/mol. The molecule has 2 aromatic carbocycles. The van der Waals surface area contributed by atoms with Crippen molar-refractivity contribution in [3.8, 4) is 0 Å². The molecule has 2 heterocycles. The van der Waals surface area contributed by atoms with Crippen molar-refractivity contribution >= 4 is 34.7 Å². The fourth-order valence-corrected chi connectivity index (χ4v) is 4.31. The summed E-state index contributed by atoms with van der Waals surface area (Å²) in [5.74, 6) is -0.00851. The number of nitrogens with zero attached hydrogens (tertiary/aromatic N) is 3. The summed E-state index contributed by atoms with van der Waals surface area (Å²) in [6.45, 7) is 2.43. The molecule has 0 radical (unpaired) electrons. The number of H-pyrrole nitrogens is 1. The molecule has 4 rings (SSSR count). The lowest BCUT2D eigenvalue weighted by molar-refractivity contribution is -0.137. The van der Waals surface area contributed by atoms with Crippen molar-refractivity contribution in [2.45, 2.75) is 25.6 Å². The molecule has 1 fully saturated rings. The van der Waals surface area contributed by atoms with E-state index in [1.54, 1.807) is 23.1 Å². The first-order valence-electron chi connectivity index (χ1n) is 10.7. The quantitative estimate of drug-likeness (QED) is 0.561. The van der Waals surface area contributed by atoms with Gasteiger partial charge in [-0.25, -0.2) is 0 Å². The highest BCUT2D eigenvalue weighted by molar-refractivity contribution is 7.71. The summed E-state index contributed by atoms with van der Waals surface area (Å²) in [5, 5.41) is 0.553. The molecule has 174 valence electrons. The zero-order chi connectivity index (χ0) is 23.6. The second-order valence-corrected chi connectivity index (χ2v) is 8.34. The summed E-state index contributed by atoms with van der Waals surface area (Å²) >= 11 is 5.30. The van der Waals surface area contributed by atoms with E-state index in [4.69, 9.17) is 12.2 Å². The van der Waals surface area contributed by atoms with Gasteiger partial charge in [-0.05, 0) is 55.0 Å². The number of benzene rings is 2. The first-order valence-corrected chi connectivity index (χ1v) is 11.1. The average Bonchev–Trinajstić information content (AvgIpc) is 2.81. The number of alkyl halides is 3. The molecule has 1 saturated heterocycles. The Morgan fingerprint density at radius 1 is 1.00 bits per heavy atom. The Hall–Kier alpha value is -3.14. The van der Waals surface area contributed by atoms with Gasteiger partial charge in [0.2, 0.25) is 5.91 Å². The zero-order valence-electron chi connectivity index (χ0n) is 17.8. The largest absolute Gasteiger partial charge is 0.416 e. The topological polar surface area (TPSA) is 61.3 Å². The Kier molecular flexibility index (Phi) is 6.55. The minimum Gasteiger partial charge on any atom is -0.368 e. The van der Waals surface area contributed by atoms with Gasteiger partial charge >= 0.3 is 6.18 Å². The second kappa shape index (κ2) is 9.38. The van der Waals surface area contributed by atoms with Crippen molar-refractivity contribution in [2.24, 2.45) is 0 Å². The van der Waals surface area contributed by atoms with Crippen LogP contribution < -0.4 is 10.5 Å². The van der Waals surface area contributed by atoms with Gasteiger partial charge in [-0.15, -0.1) is 0 Å². The van der Waals surface area contributed by atoms with E-state index in [0.717, 1.165) is 12.1 Å². The van der Waals surface area contributed by atoms with Gasteiger partial charge in [-0.3, -0.25) is 14.2 Å². The fraction of sp³-hybridized carbons (Fsp3) is 0.348. The maximum absolute atomic E-state index is 12.7. The molecule has 3 aromatic rings. The predicted octanol–water partition coefficient (Wildman–Crippen LogP) is 4.21. The first kappa shape index (κ1) is 23.0. The van der Waals surface area contributed by atoms with Crippen molar-refractivity contribution in [2.75, 3.05) is 31.1 Å². The number of hydrogen-bond donors (Lipinski definition) is 1. The summed E-state index contributed by atoms with van der Waals surface area (Å²) in [7, 11) is 0. The van der Waals surface area contributed by atoms with E-state index in [1.165, 1.54) is 16.7 Å². The molecular formula is C23H23F3N4O2S. The highest BCUT2D eigenvalue weighted by Crippen LogP contribution is 2.30. The van der Waals surface area contributed by atoms with Crippen LogP contribution >= 0.6 is 12.2 Å². The number of piperazine rings is 1. The number of rotatable bonds is 5. The Balaban J connectivity index is 1.30.